The zero-order valence-corrected chi connectivity index (χ0v) is 11.4. The Kier molecular flexibility index (Phi) is 3.74. The monoisotopic (exact) mass is 261 g/mol. The third-order valence-electron chi connectivity index (χ3n) is 3.43. The van der Waals surface area contributed by atoms with E-state index in [4.69, 9.17) is 0 Å². The minimum Gasteiger partial charge on any atom is -0.372 e. The van der Waals surface area contributed by atoms with Crippen LogP contribution < -0.4 is 10.2 Å². The van der Waals surface area contributed by atoms with Crippen molar-refractivity contribution in [3.63, 3.8) is 0 Å². The van der Waals surface area contributed by atoms with Crippen LogP contribution in [-0.2, 0) is 0 Å². The molecule has 96 valence electrons. The molecule has 0 saturated carbocycles. The van der Waals surface area contributed by atoms with Crippen LogP contribution in [0.4, 0.5) is 11.4 Å². The fourth-order valence-corrected chi connectivity index (χ4v) is 3.19. The molecule has 0 atom stereocenters. The first kappa shape index (κ1) is 11.9. The van der Waals surface area contributed by atoms with Crippen molar-refractivity contribution >= 4 is 28.3 Å². The number of thioether (sulfide) groups is 1. The SMILES string of the molecule is c1cc(N2CCCCC2)ccc1NC1=NCCS1. The molecule has 0 amide bonds. The molecule has 3 nitrogen and oxygen atoms in total. The van der Waals surface area contributed by atoms with Crippen molar-refractivity contribution in [1.82, 2.24) is 0 Å². The Morgan fingerprint density at radius 2 is 1.83 bits per heavy atom. The van der Waals surface area contributed by atoms with Crippen LogP contribution in [0.25, 0.3) is 0 Å². The molecule has 4 heteroatoms. The van der Waals surface area contributed by atoms with E-state index in [0.29, 0.717) is 0 Å². The molecule has 0 aliphatic carbocycles. The van der Waals surface area contributed by atoms with Crippen LogP contribution in [0.2, 0.25) is 0 Å². The second-order valence-electron chi connectivity index (χ2n) is 4.75. The summed E-state index contributed by atoms with van der Waals surface area (Å²) in [5.41, 5.74) is 2.49. The Morgan fingerprint density at radius 1 is 1.06 bits per heavy atom. The van der Waals surface area contributed by atoms with Crippen LogP contribution in [-0.4, -0.2) is 30.6 Å². The fourth-order valence-electron chi connectivity index (χ4n) is 2.44. The predicted molar refractivity (Wildman–Crippen MR) is 80.9 cm³/mol. The average molecular weight is 261 g/mol. The van der Waals surface area contributed by atoms with Crippen molar-refractivity contribution in [2.24, 2.45) is 4.99 Å². The minimum atomic E-state index is 0.943. The van der Waals surface area contributed by atoms with E-state index in [1.165, 1.54) is 38.0 Å². The number of anilines is 2. The molecule has 18 heavy (non-hydrogen) atoms. The molecule has 0 spiro atoms. The highest BCUT2D eigenvalue weighted by Gasteiger charge is 2.11. The molecule has 0 bridgehead atoms. The van der Waals surface area contributed by atoms with E-state index in [1.54, 1.807) is 11.8 Å². The van der Waals surface area contributed by atoms with Crippen molar-refractivity contribution in [2.45, 2.75) is 19.3 Å². The quantitative estimate of drug-likeness (QED) is 0.886. The molecule has 0 aromatic heterocycles. The molecular weight excluding hydrogens is 242 g/mol. The Balaban J connectivity index is 1.64. The topological polar surface area (TPSA) is 27.6 Å². The summed E-state index contributed by atoms with van der Waals surface area (Å²) in [7, 11) is 0. The van der Waals surface area contributed by atoms with Crippen LogP contribution in [0, 0.1) is 0 Å². The van der Waals surface area contributed by atoms with Crippen LogP contribution in [0.1, 0.15) is 19.3 Å². The van der Waals surface area contributed by atoms with Gasteiger partial charge in [0.25, 0.3) is 0 Å². The summed E-state index contributed by atoms with van der Waals surface area (Å²) in [6, 6.07) is 8.75. The van der Waals surface area contributed by atoms with E-state index in [-0.39, 0.29) is 0 Å². The summed E-state index contributed by atoms with van der Waals surface area (Å²) in [6.07, 6.45) is 4.04. The van der Waals surface area contributed by atoms with Crippen molar-refractivity contribution < 1.29 is 0 Å². The summed E-state index contributed by atoms with van der Waals surface area (Å²) in [5.74, 6) is 1.11. The molecule has 1 aromatic carbocycles. The lowest BCUT2D eigenvalue weighted by molar-refractivity contribution is 0.578. The summed E-state index contributed by atoms with van der Waals surface area (Å²) in [6.45, 7) is 3.35. The number of aliphatic imine (C=N–C) groups is 1. The second kappa shape index (κ2) is 5.65. The molecule has 2 heterocycles. The first-order chi connectivity index (χ1) is 8.92. The Labute approximate surface area is 113 Å². The molecular formula is C14H19N3S. The van der Waals surface area contributed by atoms with Crippen LogP contribution >= 0.6 is 11.8 Å². The van der Waals surface area contributed by atoms with Crippen LogP contribution in [0.15, 0.2) is 29.3 Å². The standard InChI is InChI=1S/C14H19N3S/c1-2-9-17(10-3-1)13-6-4-12(5-7-13)16-14-15-8-11-18-14/h4-7H,1-3,8-11H2,(H,15,16). The number of nitrogens with zero attached hydrogens (tertiary/aromatic N) is 2. The normalized spacial score (nSPS) is 19.8. The molecule has 1 aromatic rings. The van der Waals surface area contributed by atoms with Gasteiger partial charge in [-0.2, -0.15) is 0 Å². The molecule has 1 saturated heterocycles. The van der Waals surface area contributed by atoms with Gasteiger partial charge in [0.15, 0.2) is 5.17 Å². The minimum absolute atomic E-state index is 0.943. The number of benzene rings is 1. The summed E-state index contributed by atoms with van der Waals surface area (Å²) in [4.78, 5) is 6.88. The third kappa shape index (κ3) is 2.80. The van der Waals surface area contributed by atoms with Crippen molar-refractivity contribution in [2.75, 3.05) is 35.6 Å². The van der Waals surface area contributed by atoms with E-state index >= 15 is 0 Å². The third-order valence-corrected chi connectivity index (χ3v) is 4.32. The van der Waals surface area contributed by atoms with Crippen molar-refractivity contribution in [1.29, 1.82) is 0 Å². The molecule has 1 fully saturated rings. The van der Waals surface area contributed by atoms with Gasteiger partial charge in [-0.05, 0) is 43.5 Å². The molecule has 1 N–H and O–H groups in total. The van der Waals surface area contributed by atoms with Gasteiger partial charge in [-0.3, -0.25) is 4.99 Å². The van der Waals surface area contributed by atoms with Crippen LogP contribution in [0.3, 0.4) is 0 Å². The van der Waals surface area contributed by atoms with Gasteiger partial charge in [-0.15, -0.1) is 0 Å². The number of nitrogens with one attached hydrogen (secondary N) is 1. The maximum absolute atomic E-state index is 4.40. The summed E-state index contributed by atoms with van der Waals surface area (Å²) >= 11 is 1.80. The molecule has 2 aliphatic heterocycles. The maximum atomic E-state index is 4.40. The highest BCUT2D eigenvalue weighted by Crippen LogP contribution is 2.23. The number of rotatable bonds is 2. The lowest BCUT2D eigenvalue weighted by atomic mass is 10.1. The van der Waals surface area contributed by atoms with Crippen molar-refractivity contribution in [3.05, 3.63) is 24.3 Å². The van der Waals surface area contributed by atoms with Gasteiger partial charge in [-0.1, -0.05) is 11.8 Å². The van der Waals surface area contributed by atoms with E-state index in [0.717, 1.165) is 23.2 Å². The Bertz CT molecular complexity index is 421. The Morgan fingerprint density at radius 3 is 2.50 bits per heavy atom. The number of hydrogen-bond acceptors (Lipinski definition) is 4. The van der Waals surface area contributed by atoms with E-state index in [2.05, 4.69) is 39.5 Å². The van der Waals surface area contributed by atoms with Gasteiger partial charge in [0.2, 0.25) is 0 Å². The summed E-state index contributed by atoms with van der Waals surface area (Å²) in [5, 5.41) is 4.42. The molecule has 0 radical (unpaired) electrons. The zero-order valence-electron chi connectivity index (χ0n) is 10.6. The van der Waals surface area contributed by atoms with Crippen LogP contribution in [0.5, 0.6) is 0 Å². The summed E-state index contributed by atoms with van der Waals surface area (Å²) < 4.78 is 0. The fraction of sp³-hybridized carbons (Fsp3) is 0.500. The van der Waals surface area contributed by atoms with E-state index < -0.39 is 0 Å². The van der Waals surface area contributed by atoms with Gasteiger partial charge in [0, 0.05) is 30.2 Å². The Hall–Kier alpha value is -1.16. The largest absolute Gasteiger partial charge is 0.372 e. The van der Waals surface area contributed by atoms with Gasteiger partial charge in [0.05, 0.1) is 6.54 Å². The number of hydrogen-bond donors (Lipinski definition) is 1. The number of amidine groups is 1. The average Bonchev–Trinajstić information content (AvgIpc) is 2.94. The number of piperidine rings is 1. The van der Waals surface area contributed by atoms with E-state index in [1.807, 2.05) is 0 Å². The van der Waals surface area contributed by atoms with Crippen molar-refractivity contribution in [3.8, 4) is 0 Å². The lowest BCUT2D eigenvalue weighted by Crippen LogP contribution is -2.29. The van der Waals surface area contributed by atoms with E-state index in [9.17, 15) is 0 Å². The second-order valence-corrected chi connectivity index (χ2v) is 5.84. The van der Waals surface area contributed by atoms with Gasteiger partial charge in [-0.25, -0.2) is 0 Å². The van der Waals surface area contributed by atoms with Gasteiger partial charge >= 0.3 is 0 Å². The van der Waals surface area contributed by atoms with Gasteiger partial charge in [0.1, 0.15) is 0 Å². The highest BCUT2D eigenvalue weighted by molar-refractivity contribution is 8.14. The smallest absolute Gasteiger partial charge is 0.161 e. The molecule has 2 aliphatic rings. The highest BCUT2D eigenvalue weighted by atomic mass is 32.2. The molecule has 0 unspecified atom stereocenters. The first-order valence-electron chi connectivity index (χ1n) is 6.71. The molecule has 3 rings (SSSR count). The maximum Gasteiger partial charge on any atom is 0.161 e. The first-order valence-corrected chi connectivity index (χ1v) is 7.70. The predicted octanol–water partition coefficient (Wildman–Crippen LogP) is 3.19. The zero-order chi connectivity index (χ0) is 12.2. The lowest BCUT2D eigenvalue weighted by Gasteiger charge is -2.28. The van der Waals surface area contributed by atoms with Gasteiger partial charge < -0.3 is 10.2 Å².